The molecule has 0 atom stereocenters. The van der Waals surface area contributed by atoms with Crippen molar-refractivity contribution < 1.29 is 14.3 Å². The zero-order chi connectivity index (χ0) is 12.3. The molecule has 1 aliphatic heterocycles. The van der Waals surface area contributed by atoms with E-state index in [1.807, 2.05) is 0 Å². The van der Waals surface area contributed by atoms with Gasteiger partial charge in [-0.2, -0.15) is 0 Å². The molecule has 6 nitrogen and oxygen atoms in total. The highest BCUT2D eigenvalue weighted by molar-refractivity contribution is 6.28. The smallest absolute Gasteiger partial charge is 0.271 e. The maximum absolute atomic E-state index is 11.2. The maximum Gasteiger partial charge on any atom is 0.271 e. The normalized spacial score (nSPS) is 16.8. The molecule has 92 valence electrons. The van der Waals surface area contributed by atoms with Gasteiger partial charge in [0.1, 0.15) is 6.10 Å². The van der Waals surface area contributed by atoms with Gasteiger partial charge < -0.3 is 15.2 Å². The summed E-state index contributed by atoms with van der Waals surface area (Å²) in [4.78, 5) is 18.7. The summed E-state index contributed by atoms with van der Waals surface area (Å²) < 4.78 is 10.8. The Bertz CT molecular complexity index is 421. The van der Waals surface area contributed by atoms with Crippen LogP contribution in [0.1, 0.15) is 23.3 Å². The Morgan fingerprint density at radius 1 is 1.53 bits per heavy atom. The second kappa shape index (κ2) is 5.29. The van der Waals surface area contributed by atoms with Gasteiger partial charge in [0, 0.05) is 12.8 Å². The first-order valence-electron chi connectivity index (χ1n) is 5.23. The fourth-order valence-electron chi connectivity index (χ4n) is 1.59. The minimum Gasteiger partial charge on any atom is -0.486 e. The molecule has 1 saturated heterocycles. The van der Waals surface area contributed by atoms with Crippen molar-refractivity contribution in [2.45, 2.75) is 18.9 Å². The number of rotatable bonds is 3. The Morgan fingerprint density at radius 3 is 2.88 bits per heavy atom. The molecule has 0 saturated carbocycles. The van der Waals surface area contributed by atoms with Gasteiger partial charge in [-0.1, -0.05) is 0 Å². The first kappa shape index (κ1) is 12.1. The van der Waals surface area contributed by atoms with E-state index in [1.165, 1.54) is 6.20 Å². The minimum absolute atomic E-state index is 0.00775. The first-order chi connectivity index (χ1) is 8.16. The Kier molecular flexibility index (Phi) is 3.75. The maximum atomic E-state index is 11.2. The second-order valence-electron chi connectivity index (χ2n) is 3.65. The van der Waals surface area contributed by atoms with Crippen LogP contribution >= 0.6 is 11.6 Å². The number of nitrogens with two attached hydrogens (primary N) is 1. The molecule has 0 radical (unpaired) electrons. The van der Waals surface area contributed by atoms with Crippen molar-refractivity contribution in [3.63, 3.8) is 0 Å². The number of hydrogen-bond acceptors (Lipinski definition) is 5. The lowest BCUT2D eigenvalue weighted by Crippen LogP contribution is -2.27. The van der Waals surface area contributed by atoms with Crippen LogP contribution in [0.5, 0.6) is 5.75 Å². The molecule has 7 heteroatoms. The molecule has 0 spiro atoms. The number of aromatic nitrogens is 2. The molecule has 2 rings (SSSR count). The van der Waals surface area contributed by atoms with Crippen LogP contribution in [0.4, 0.5) is 0 Å². The Morgan fingerprint density at radius 2 is 2.24 bits per heavy atom. The van der Waals surface area contributed by atoms with Crippen molar-refractivity contribution in [1.82, 2.24) is 9.97 Å². The molecule has 1 aliphatic rings. The molecule has 1 fully saturated rings. The molecule has 1 aromatic heterocycles. The summed E-state index contributed by atoms with van der Waals surface area (Å²) in [5, 5.41) is -0.0295. The zero-order valence-electron chi connectivity index (χ0n) is 9.06. The Hall–Kier alpha value is -1.40. The van der Waals surface area contributed by atoms with E-state index in [1.54, 1.807) is 0 Å². The number of carbonyl (C=O) groups is 1. The quantitative estimate of drug-likeness (QED) is 0.809. The number of hydrogen-bond donors (Lipinski definition) is 1. The van der Waals surface area contributed by atoms with Gasteiger partial charge in [-0.3, -0.25) is 4.79 Å². The zero-order valence-corrected chi connectivity index (χ0v) is 9.81. The van der Waals surface area contributed by atoms with Crippen LogP contribution < -0.4 is 10.5 Å². The minimum atomic E-state index is -0.684. The lowest BCUT2D eigenvalue weighted by molar-refractivity contribution is 0.0249. The number of amides is 1. The van der Waals surface area contributed by atoms with Crippen LogP contribution in [0.3, 0.4) is 0 Å². The van der Waals surface area contributed by atoms with Crippen molar-refractivity contribution in [2.24, 2.45) is 5.73 Å². The number of primary amides is 1. The lowest BCUT2D eigenvalue weighted by atomic mass is 10.1. The summed E-state index contributed by atoms with van der Waals surface area (Å²) in [6, 6.07) is 0. The van der Waals surface area contributed by atoms with Gasteiger partial charge in [-0.25, -0.2) is 9.97 Å². The molecule has 1 amide bonds. The molecule has 0 bridgehead atoms. The molecule has 2 heterocycles. The predicted octanol–water partition coefficient (Wildman–Crippen LogP) is 0.787. The average molecular weight is 258 g/mol. The summed E-state index contributed by atoms with van der Waals surface area (Å²) in [6.07, 6.45) is 2.89. The van der Waals surface area contributed by atoms with Gasteiger partial charge in [-0.15, -0.1) is 0 Å². The van der Waals surface area contributed by atoms with Gasteiger partial charge in [0.15, 0.2) is 11.4 Å². The molecular weight excluding hydrogens is 246 g/mol. The summed E-state index contributed by atoms with van der Waals surface area (Å²) in [7, 11) is 0. The van der Waals surface area contributed by atoms with Crippen LogP contribution in [0.15, 0.2) is 6.20 Å². The largest absolute Gasteiger partial charge is 0.486 e. The van der Waals surface area contributed by atoms with Crippen LogP contribution in [0.2, 0.25) is 5.28 Å². The molecule has 17 heavy (non-hydrogen) atoms. The Balaban J connectivity index is 2.16. The van der Waals surface area contributed by atoms with E-state index in [9.17, 15) is 4.79 Å². The molecule has 2 N–H and O–H groups in total. The number of carbonyl (C=O) groups excluding carboxylic acids is 1. The molecule has 1 aromatic rings. The van der Waals surface area contributed by atoms with Gasteiger partial charge in [0.2, 0.25) is 5.28 Å². The summed E-state index contributed by atoms with van der Waals surface area (Å²) in [5.74, 6) is -0.412. The van der Waals surface area contributed by atoms with Crippen LogP contribution in [-0.4, -0.2) is 35.2 Å². The molecule has 0 unspecified atom stereocenters. The highest BCUT2D eigenvalue weighted by Crippen LogP contribution is 2.21. The summed E-state index contributed by atoms with van der Waals surface area (Å²) in [6.45, 7) is 1.29. The van der Waals surface area contributed by atoms with E-state index < -0.39 is 5.91 Å². The van der Waals surface area contributed by atoms with Crippen molar-refractivity contribution in [1.29, 1.82) is 0 Å². The third kappa shape index (κ3) is 3.04. The summed E-state index contributed by atoms with van der Waals surface area (Å²) in [5.41, 5.74) is 5.21. The molecule has 0 aromatic carbocycles. The van der Waals surface area contributed by atoms with Gasteiger partial charge in [0.05, 0.1) is 19.4 Å². The summed E-state index contributed by atoms with van der Waals surface area (Å²) >= 11 is 5.60. The third-order valence-electron chi connectivity index (χ3n) is 2.42. The lowest BCUT2D eigenvalue weighted by Gasteiger charge is -2.23. The average Bonchev–Trinajstić information content (AvgIpc) is 2.32. The van der Waals surface area contributed by atoms with Gasteiger partial charge >= 0.3 is 0 Å². The van der Waals surface area contributed by atoms with Crippen molar-refractivity contribution in [2.75, 3.05) is 13.2 Å². The second-order valence-corrected chi connectivity index (χ2v) is 3.98. The number of ether oxygens (including phenoxy) is 2. The standard InChI is InChI=1S/C10H12ClN3O3/c11-10-13-5-7(8(14-10)9(12)15)17-6-1-3-16-4-2-6/h5-6H,1-4H2,(H2,12,15). The highest BCUT2D eigenvalue weighted by Gasteiger charge is 2.20. The fourth-order valence-corrected chi connectivity index (χ4v) is 1.72. The van der Waals surface area contributed by atoms with Gasteiger partial charge in [-0.05, 0) is 11.6 Å². The SMILES string of the molecule is NC(=O)c1nc(Cl)ncc1OC1CCOCC1. The van der Waals surface area contributed by atoms with Crippen molar-refractivity contribution in [3.05, 3.63) is 17.2 Å². The van der Waals surface area contributed by atoms with Crippen molar-refractivity contribution >= 4 is 17.5 Å². The number of nitrogens with zero attached hydrogens (tertiary/aromatic N) is 2. The van der Waals surface area contributed by atoms with E-state index in [-0.39, 0.29) is 22.8 Å². The van der Waals surface area contributed by atoms with Crippen LogP contribution in [0, 0.1) is 0 Å². The Labute approximate surface area is 103 Å². The van der Waals surface area contributed by atoms with E-state index in [4.69, 9.17) is 26.8 Å². The first-order valence-corrected chi connectivity index (χ1v) is 5.61. The van der Waals surface area contributed by atoms with Gasteiger partial charge in [0.25, 0.3) is 5.91 Å². The van der Waals surface area contributed by atoms with E-state index in [0.29, 0.717) is 13.2 Å². The number of halogens is 1. The molecular formula is C10H12ClN3O3. The monoisotopic (exact) mass is 257 g/mol. The van der Waals surface area contributed by atoms with E-state index in [0.717, 1.165) is 12.8 Å². The van der Waals surface area contributed by atoms with Crippen molar-refractivity contribution in [3.8, 4) is 5.75 Å². The molecule has 0 aliphatic carbocycles. The van der Waals surface area contributed by atoms with E-state index in [2.05, 4.69) is 9.97 Å². The van der Waals surface area contributed by atoms with Crippen LogP contribution in [-0.2, 0) is 4.74 Å². The predicted molar refractivity (Wildman–Crippen MR) is 60.0 cm³/mol. The highest BCUT2D eigenvalue weighted by atomic mass is 35.5. The third-order valence-corrected chi connectivity index (χ3v) is 2.60. The fraction of sp³-hybridized carbons (Fsp3) is 0.500. The van der Waals surface area contributed by atoms with E-state index >= 15 is 0 Å². The topological polar surface area (TPSA) is 87.3 Å². The van der Waals surface area contributed by atoms with Crippen LogP contribution in [0.25, 0.3) is 0 Å².